The van der Waals surface area contributed by atoms with Gasteiger partial charge in [-0.05, 0) is 68.2 Å². The molecule has 0 saturated carbocycles. The van der Waals surface area contributed by atoms with Crippen molar-refractivity contribution in [3.8, 4) is 0 Å². The average molecular weight is 465 g/mol. The molecule has 36 heavy (non-hydrogen) atoms. The Labute approximate surface area is 219 Å². The SMILES string of the molecule is C=CC1=C(C)C(C=C)=C(/C=C(\C)N/C(C=C)=C/C2=C(C=C)C(C)=C(C3=C(C)c4ccccc4B3)B2)B1. The van der Waals surface area contributed by atoms with Crippen molar-refractivity contribution in [1.29, 1.82) is 0 Å². The first-order valence-electron chi connectivity index (χ1n) is 12.6. The molecular formula is C32H34B3N. The quantitative estimate of drug-likeness (QED) is 0.372. The minimum Gasteiger partial charge on any atom is -0.359 e. The van der Waals surface area contributed by atoms with E-state index in [0.717, 1.165) is 33.2 Å². The summed E-state index contributed by atoms with van der Waals surface area (Å²) in [5, 5.41) is 3.57. The van der Waals surface area contributed by atoms with E-state index in [4.69, 9.17) is 0 Å². The Morgan fingerprint density at radius 2 is 1.36 bits per heavy atom. The highest BCUT2D eigenvalue weighted by molar-refractivity contribution is 6.73. The van der Waals surface area contributed by atoms with Crippen LogP contribution in [0, 0.1) is 0 Å². The summed E-state index contributed by atoms with van der Waals surface area (Å²) in [6.07, 6.45) is 12.2. The third-order valence-corrected chi connectivity index (χ3v) is 7.72. The lowest BCUT2D eigenvalue weighted by Crippen LogP contribution is -2.15. The van der Waals surface area contributed by atoms with Crippen LogP contribution in [0.2, 0.25) is 0 Å². The molecule has 0 amide bonds. The number of allylic oxidation sites excluding steroid dienone is 17. The monoisotopic (exact) mass is 465 g/mol. The topological polar surface area (TPSA) is 12.0 Å². The molecule has 0 aromatic heterocycles. The van der Waals surface area contributed by atoms with Crippen LogP contribution < -0.4 is 10.8 Å². The first kappa shape index (κ1) is 25.4. The van der Waals surface area contributed by atoms with Crippen LogP contribution in [0.4, 0.5) is 0 Å². The smallest absolute Gasteiger partial charge is 0.193 e. The summed E-state index contributed by atoms with van der Waals surface area (Å²) in [7, 11) is 2.80. The second-order valence-electron chi connectivity index (χ2n) is 9.79. The molecule has 1 aromatic rings. The van der Waals surface area contributed by atoms with Crippen LogP contribution in [0.15, 0.2) is 148 Å². The van der Waals surface area contributed by atoms with Crippen LogP contribution in [0.3, 0.4) is 0 Å². The Hall–Kier alpha value is -3.65. The molecule has 0 aliphatic carbocycles. The highest BCUT2D eigenvalue weighted by Gasteiger charge is 2.28. The number of rotatable bonds is 9. The minimum atomic E-state index is 0.887. The zero-order valence-electron chi connectivity index (χ0n) is 22.2. The predicted molar refractivity (Wildman–Crippen MR) is 165 cm³/mol. The molecule has 1 nitrogen and oxygen atoms in total. The van der Waals surface area contributed by atoms with Crippen LogP contribution in [-0.4, -0.2) is 21.8 Å². The molecule has 4 heteroatoms. The fraction of sp³-hybridized carbons (Fsp3) is 0.125. The maximum absolute atomic E-state index is 4.14. The molecule has 0 atom stereocenters. The van der Waals surface area contributed by atoms with Gasteiger partial charge >= 0.3 is 0 Å². The van der Waals surface area contributed by atoms with Crippen molar-refractivity contribution in [2.45, 2.75) is 27.7 Å². The first-order chi connectivity index (χ1) is 17.3. The van der Waals surface area contributed by atoms with Crippen molar-refractivity contribution >= 4 is 32.9 Å². The maximum atomic E-state index is 4.14. The van der Waals surface area contributed by atoms with Crippen molar-refractivity contribution in [1.82, 2.24) is 5.32 Å². The van der Waals surface area contributed by atoms with Crippen LogP contribution in [-0.2, 0) is 0 Å². The molecule has 0 spiro atoms. The Kier molecular flexibility index (Phi) is 7.45. The number of nitrogens with one attached hydrogen (secondary N) is 1. The Balaban J connectivity index is 1.58. The number of benzene rings is 1. The third-order valence-electron chi connectivity index (χ3n) is 7.72. The predicted octanol–water partition coefficient (Wildman–Crippen LogP) is 5.57. The third kappa shape index (κ3) is 4.61. The number of fused-ring (bicyclic) bond motifs is 1. The summed E-state index contributed by atoms with van der Waals surface area (Å²) in [4.78, 5) is 0. The Morgan fingerprint density at radius 3 is 2.00 bits per heavy atom. The van der Waals surface area contributed by atoms with E-state index in [2.05, 4.69) is 95.7 Å². The molecule has 0 bridgehead atoms. The van der Waals surface area contributed by atoms with E-state index in [0.29, 0.717) is 0 Å². The van der Waals surface area contributed by atoms with Gasteiger partial charge in [0, 0.05) is 11.4 Å². The fourth-order valence-corrected chi connectivity index (χ4v) is 5.77. The highest BCUT2D eigenvalue weighted by Crippen LogP contribution is 2.37. The van der Waals surface area contributed by atoms with E-state index in [1.165, 1.54) is 66.3 Å². The van der Waals surface area contributed by atoms with Gasteiger partial charge in [-0.25, -0.2) is 0 Å². The second kappa shape index (κ2) is 10.5. The minimum absolute atomic E-state index is 0.887. The molecule has 1 N–H and O–H groups in total. The van der Waals surface area contributed by atoms with Crippen molar-refractivity contribution < 1.29 is 0 Å². The van der Waals surface area contributed by atoms with E-state index in [1.807, 2.05) is 24.3 Å². The van der Waals surface area contributed by atoms with E-state index >= 15 is 0 Å². The molecule has 0 radical (unpaired) electrons. The van der Waals surface area contributed by atoms with Crippen LogP contribution in [0.25, 0.3) is 5.57 Å². The standard InChI is InChI=1S/C32H34B3N/c1-9-23(36-19(5)17-29-24(10-2)20(6)27(12-4)33-29)18-30-25(11-3)21(7)31(35-30)32-22(8)26-15-13-14-16-28(26)34-32/h9-18,33-36H,1-4H2,5-8H3/b19-17+,23-18+. The highest BCUT2D eigenvalue weighted by atomic mass is 14.9. The largest absolute Gasteiger partial charge is 0.359 e. The van der Waals surface area contributed by atoms with Gasteiger partial charge < -0.3 is 5.32 Å². The van der Waals surface area contributed by atoms with Gasteiger partial charge in [0.2, 0.25) is 0 Å². The molecule has 0 fully saturated rings. The van der Waals surface area contributed by atoms with Crippen LogP contribution in [0.1, 0.15) is 33.3 Å². The van der Waals surface area contributed by atoms with Gasteiger partial charge in [0.15, 0.2) is 21.8 Å². The van der Waals surface area contributed by atoms with Crippen molar-refractivity contribution in [2.24, 2.45) is 0 Å². The van der Waals surface area contributed by atoms with Gasteiger partial charge in [-0.2, -0.15) is 0 Å². The van der Waals surface area contributed by atoms with E-state index in [-0.39, 0.29) is 0 Å². The zero-order chi connectivity index (χ0) is 26.0. The van der Waals surface area contributed by atoms with Gasteiger partial charge in [-0.15, -0.1) is 0 Å². The first-order valence-corrected chi connectivity index (χ1v) is 12.6. The molecule has 3 aliphatic heterocycles. The van der Waals surface area contributed by atoms with Gasteiger partial charge in [0.25, 0.3) is 0 Å². The fourth-order valence-electron chi connectivity index (χ4n) is 5.77. The molecule has 3 heterocycles. The van der Waals surface area contributed by atoms with Crippen molar-refractivity contribution in [2.75, 3.05) is 0 Å². The summed E-state index contributed by atoms with van der Waals surface area (Å²) in [6, 6.07) is 8.77. The van der Waals surface area contributed by atoms with E-state index in [1.54, 1.807) is 0 Å². The lowest BCUT2D eigenvalue weighted by Gasteiger charge is -2.11. The summed E-state index contributed by atoms with van der Waals surface area (Å²) in [5.41, 5.74) is 18.0. The Morgan fingerprint density at radius 1 is 0.722 bits per heavy atom. The normalized spacial score (nSPS) is 17.8. The van der Waals surface area contributed by atoms with Crippen molar-refractivity contribution in [3.05, 3.63) is 154 Å². The van der Waals surface area contributed by atoms with Gasteiger partial charge in [0.05, 0.1) is 0 Å². The van der Waals surface area contributed by atoms with E-state index < -0.39 is 0 Å². The van der Waals surface area contributed by atoms with Crippen LogP contribution >= 0.6 is 0 Å². The number of hydrogen-bond donors (Lipinski definition) is 1. The molecule has 4 rings (SSSR count). The maximum Gasteiger partial charge on any atom is 0.193 e. The zero-order valence-corrected chi connectivity index (χ0v) is 22.2. The summed E-state index contributed by atoms with van der Waals surface area (Å²) in [5.74, 6) is 0. The lowest BCUT2D eigenvalue weighted by atomic mass is 9.53. The molecule has 3 aliphatic rings. The molecular weight excluding hydrogens is 431 g/mol. The Bertz CT molecular complexity index is 1420. The molecule has 176 valence electrons. The summed E-state index contributed by atoms with van der Waals surface area (Å²) < 4.78 is 0. The molecule has 0 saturated heterocycles. The summed E-state index contributed by atoms with van der Waals surface area (Å²) >= 11 is 0. The second-order valence-corrected chi connectivity index (χ2v) is 9.79. The van der Waals surface area contributed by atoms with Gasteiger partial charge in [0.1, 0.15) is 0 Å². The van der Waals surface area contributed by atoms with Crippen LogP contribution in [0.5, 0.6) is 0 Å². The molecule has 1 aromatic carbocycles. The molecule has 0 unspecified atom stereocenters. The van der Waals surface area contributed by atoms with Gasteiger partial charge in [-0.1, -0.05) is 113 Å². The lowest BCUT2D eigenvalue weighted by molar-refractivity contribution is 1.00. The number of hydrogen-bond acceptors (Lipinski definition) is 1. The summed E-state index contributed by atoms with van der Waals surface area (Å²) in [6.45, 7) is 25.0. The van der Waals surface area contributed by atoms with Crippen molar-refractivity contribution in [3.63, 3.8) is 0 Å². The van der Waals surface area contributed by atoms with E-state index in [9.17, 15) is 0 Å². The van der Waals surface area contributed by atoms with Gasteiger partial charge in [-0.3, -0.25) is 0 Å². The average Bonchev–Trinajstić information content (AvgIpc) is 3.48.